The summed E-state index contributed by atoms with van der Waals surface area (Å²) in [6.45, 7) is 0. The Bertz CT molecular complexity index is 217. The maximum atomic E-state index is 9.14. The Labute approximate surface area is 60.3 Å². The van der Waals surface area contributed by atoms with Crippen molar-refractivity contribution >= 4 is 0 Å². The third-order valence-electron chi connectivity index (χ3n) is 1.75. The van der Waals surface area contributed by atoms with Gasteiger partial charge in [0.1, 0.15) is 0 Å². The van der Waals surface area contributed by atoms with Crippen molar-refractivity contribution < 1.29 is 5.11 Å². The topological polar surface area (TPSA) is 20.2 Å². The molecule has 2 radical (unpaired) electrons. The zero-order valence-corrected chi connectivity index (χ0v) is 5.54. The predicted octanol–water partition coefficient (Wildman–Crippen LogP) is 1.03. The smallest absolute Gasteiger partial charge is 0.0697 e. The monoisotopic (exact) mass is 132 g/mol. The summed E-state index contributed by atoms with van der Waals surface area (Å²) in [7, 11) is 0. The summed E-state index contributed by atoms with van der Waals surface area (Å²) in [5.41, 5.74) is 2.27. The Hall–Kier alpha value is -0.820. The molecule has 1 atom stereocenters. The van der Waals surface area contributed by atoms with Gasteiger partial charge in [0.15, 0.2) is 0 Å². The standard InChI is InChI=1S/C9H8O/c10-9-5-7-3-1-2-4-8(7)6-9/h1-4,9-10H,5H2/t9-/m1/s1. The first-order chi connectivity index (χ1) is 4.86. The van der Waals surface area contributed by atoms with Gasteiger partial charge in [-0.1, -0.05) is 24.3 Å². The highest BCUT2D eigenvalue weighted by atomic mass is 16.3. The van der Waals surface area contributed by atoms with Gasteiger partial charge in [0.05, 0.1) is 6.10 Å². The molecule has 0 saturated heterocycles. The molecular formula is C9H8O. The van der Waals surface area contributed by atoms with Crippen molar-refractivity contribution in [2.75, 3.05) is 0 Å². The van der Waals surface area contributed by atoms with Crippen LogP contribution in [0.25, 0.3) is 0 Å². The van der Waals surface area contributed by atoms with Crippen LogP contribution >= 0.6 is 0 Å². The molecule has 1 aromatic rings. The highest BCUT2D eigenvalue weighted by Crippen LogP contribution is 2.22. The van der Waals surface area contributed by atoms with Crippen molar-refractivity contribution in [3.63, 3.8) is 0 Å². The van der Waals surface area contributed by atoms with Gasteiger partial charge in [-0.2, -0.15) is 0 Å². The summed E-state index contributed by atoms with van der Waals surface area (Å²) in [5.74, 6) is 0. The summed E-state index contributed by atoms with van der Waals surface area (Å²) < 4.78 is 0. The minimum atomic E-state index is -0.377. The predicted molar refractivity (Wildman–Crippen MR) is 38.5 cm³/mol. The van der Waals surface area contributed by atoms with Crippen LogP contribution in [-0.4, -0.2) is 11.2 Å². The SMILES string of the molecule is O[C@H]1[C]c2ccccc2C1. The van der Waals surface area contributed by atoms with E-state index in [0.29, 0.717) is 0 Å². The van der Waals surface area contributed by atoms with E-state index >= 15 is 0 Å². The molecule has 10 heavy (non-hydrogen) atoms. The van der Waals surface area contributed by atoms with Gasteiger partial charge in [0.2, 0.25) is 0 Å². The average molecular weight is 132 g/mol. The molecule has 2 rings (SSSR count). The summed E-state index contributed by atoms with van der Waals surface area (Å²) >= 11 is 0. The van der Waals surface area contributed by atoms with Crippen LogP contribution in [0.2, 0.25) is 0 Å². The number of aliphatic hydroxyl groups is 1. The van der Waals surface area contributed by atoms with Gasteiger partial charge in [-0.05, 0) is 17.5 Å². The second-order valence-corrected chi connectivity index (χ2v) is 2.52. The van der Waals surface area contributed by atoms with E-state index in [2.05, 4.69) is 6.42 Å². The van der Waals surface area contributed by atoms with Gasteiger partial charge in [0, 0.05) is 6.42 Å². The molecule has 1 aliphatic carbocycles. The zero-order valence-electron chi connectivity index (χ0n) is 5.54. The van der Waals surface area contributed by atoms with Crippen LogP contribution in [0.15, 0.2) is 24.3 Å². The number of rotatable bonds is 0. The third kappa shape index (κ3) is 0.830. The van der Waals surface area contributed by atoms with Crippen LogP contribution in [0.1, 0.15) is 11.1 Å². The van der Waals surface area contributed by atoms with Crippen molar-refractivity contribution in [1.29, 1.82) is 0 Å². The Morgan fingerprint density at radius 1 is 1.40 bits per heavy atom. The second kappa shape index (κ2) is 2.10. The van der Waals surface area contributed by atoms with Crippen LogP contribution < -0.4 is 0 Å². The normalized spacial score (nSPS) is 17.3. The van der Waals surface area contributed by atoms with Crippen molar-refractivity contribution in [3.05, 3.63) is 41.8 Å². The molecule has 1 aromatic carbocycles. The Balaban J connectivity index is 2.42. The molecule has 0 saturated carbocycles. The maximum absolute atomic E-state index is 9.14. The lowest BCUT2D eigenvalue weighted by Gasteiger charge is -1.92. The summed E-state index contributed by atoms with van der Waals surface area (Å²) in [4.78, 5) is 0. The van der Waals surface area contributed by atoms with Crippen LogP contribution in [0, 0.1) is 6.42 Å². The largest absolute Gasteiger partial charge is 0.392 e. The number of fused-ring (bicyclic) bond motifs is 1. The second-order valence-electron chi connectivity index (χ2n) is 2.52. The molecule has 0 bridgehead atoms. The van der Waals surface area contributed by atoms with E-state index in [0.717, 1.165) is 12.0 Å². The summed E-state index contributed by atoms with van der Waals surface area (Å²) in [5, 5.41) is 9.14. The van der Waals surface area contributed by atoms with Crippen LogP contribution in [0.3, 0.4) is 0 Å². The molecule has 1 heteroatoms. The van der Waals surface area contributed by atoms with Gasteiger partial charge in [-0.15, -0.1) is 0 Å². The summed E-state index contributed by atoms with van der Waals surface area (Å²) in [6, 6.07) is 7.95. The fourth-order valence-corrected chi connectivity index (χ4v) is 1.28. The minimum Gasteiger partial charge on any atom is -0.392 e. The third-order valence-corrected chi connectivity index (χ3v) is 1.75. The lowest BCUT2D eigenvalue weighted by molar-refractivity contribution is 0.219. The Morgan fingerprint density at radius 3 is 3.00 bits per heavy atom. The van der Waals surface area contributed by atoms with Gasteiger partial charge < -0.3 is 5.11 Å². The highest BCUT2D eigenvalue weighted by molar-refractivity contribution is 5.39. The van der Waals surface area contributed by atoms with Crippen molar-refractivity contribution in [1.82, 2.24) is 0 Å². The van der Waals surface area contributed by atoms with Gasteiger partial charge in [-0.25, -0.2) is 0 Å². The fourth-order valence-electron chi connectivity index (χ4n) is 1.28. The van der Waals surface area contributed by atoms with E-state index in [1.54, 1.807) is 0 Å². The number of hydrogen-bond acceptors (Lipinski definition) is 1. The zero-order chi connectivity index (χ0) is 6.97. The van der Waals surface area contributed by atoms with E-state index in [-0.39, 0.29) is 6.10 Å². The lowest BCUT2D eigenvalue weighted by atomic mass is 10.1. The molecule has 50 valence electrons. The first kappa shape index (κ1) is 5.93. The molecule has 0 heterocycles. The van der Waals surface area contributed by atoms with Crippen LogP contribution in [0.5, 0.6) is 0 Å². The maximum Gasteiger partial charge on any atom is 0.0697 e. The quantitative estimate of drug-likeness (QED) is 0.559. The average Bonchev–Trinajstić information content (AvgIpc) is 2.27. The molecule has 1 nitrogen and oxygen atoms in total. The molecular weight excluding hydrogens is 124 g/mol. The lowest BCUT2D eigenvalue weighted by Crippen LogP contribution is -2.01. The Morgan fingerprint density at radius 2 is 2.20 bits per heavy atom. The van der Waals surface area contributed by atoms with Crippen molar-refractivity contribution in [2.24, 2.45) is 0 Å². The molecule has 0 unspecified atom stereocenters. The van der Waals surface area contributed by atoms with E-state index in [9.17, 15) is 0 Å². The van der Waals surface area contributed by atoms with E-state index in [1.807, 2.05) is 24.3 Å². The molecule has 0 spiro atoms. The number of benzene rings is 1. The van der Waals surface area contributed by atoms with E-state index in [1.165, 1.54) is 5.56 Å². The number of aliphatic hydroxyl groups excluding tert-OH is 1. The van der Waals surface area contributed by atoms with Crippen LogP contribution in [0.4, 0.5) is 0 Å². The van der Waals surface area contributed by atoms with Gasteiger partial charge >= 0.3 is 0 Å². The molecule has 0 aromatic heterocycles. The van der Waals surface area contributed by atoms with E-state index in [4.69, 9.17) is 5.11 Å². The minimum absolute atomic E-state index is 0.377. The number of hydrogen-bond donors (Lipinski definition) is 1. The fraction of sp³-hybridized carbons (Fsp3) is 0.222. The first-order valence-electron chi connectivity index (χ1n) is 3.39. The Kier molecular flexibility index (Phi) is 1.24. The van der Waals surface area contributed by atoms with E-state index < -0.39 is 0 Å². The first-order valence-corrected chi connectivity index (χ1v) is 3.39. The molecule has 1 aliphatic rings. The van der Waals surface area contributed by atoms with Crippen LogP contribution in [-0.2, 0) is 6.42 Å². The summed E-state index contributed by atoms with van der Waals surface area (Å²) in [6.07, 6.45) is 3.31. The highest BCUT2D eigenvalue weighted by Gasteiger charge is 2.18. The van der Waals surface area contributed by atoms with Crippen molar-refractivity contribution in [3.8, 4) is 0 Å². The molecule has 0 amide bonds. The van der Waals surface area contributed by atoms with Crippen molar-refractivity contribution in [2.45, 2.75) is 12.5 Å². The van der Waals surface area contributed by atoms with Gasteiger partial charge in [-0.3, -0.25) is 0 Å². The molecule has 0 fully saturated rings. The molecule has 1 N–H and O–H groups in total. The molecule has 0 aliphatic heterocycles. The van der Waals surface area contributed by atoms with Gasteiger partial charge in [0.25, 0.3) is 0 Å².